The molecule has 0 saturated heterocycles. The number of nitrogens with two attached hydrogens (primary N) is 1. The Hall–Kier alpha value is -1.27. The first kappa shape index (κ1) is 13.2. The van der Waals surface area contributed by atoms with Gasteiger partial charge in [-0.2, -0.15) is 13.2 Å². The van der Waals surface area contributed by atoms with Crippen LogP contribution in [0.5, 0.6) is 0 Å². The number of hydrogen-bond donors (Lipinski definition) is 1. The Morgan fingerprint density at radius 2 is 1.78 bits per heavy atom. The fourth-order valence-corrected chi connectivity index (χ4v) is 2.03. The summed E-state index contributed by atoms with van der Waals surface area (Å²) in [5, 5.41) is -0.957. The Bertz CT molecular complexity index is 640. The SMILES string of the molecule is Nc1cc(C(F)(F)F)nc2cc(Cl)c(F)c(Cl)c12. The number of halogens is 6. The molecular weight excluding hydrogens is 295 g/mol. The van der Waals surface area contributed by atoms with Gasteiger partial charge >= 0.3 is 6.18 Å². The number of benzene rings is 1. The molecule has 0 amide bonds. The number of rotatable bonds is 0. The highest BCUT2D eigenvalue weighted by Crippen LogP contribution is 2.37. The van der Waals surface area contributed by atoms with Gasteiger partial charge in [0.1, 0.15) is 5.69 Å². The maximum absolute atomic E-state index is 13.4. The van der Waals surface area contributed by atoms with E-state index in [0.29, 0.717) is 6.07 Å². The van der Waals surface area contributed by atoms with Crippen LogP contribution >= 0.6 is 23.2 Å². The molecule has 2 N–H and O–H groups in total. The van der Waals surface area contributed by atoms with Crippen LogP contribution in [0.15, 0.2) is 12.1 Å². The van der Waals surface area contributed by atoms with Crippen molar-refractivity contribution in [1.29, 1.82) is 0 Å². The number of alkyl halides is 3. The third-order valence-electron chi connectivity index (χ3n) is 2.25. The van der Waals surface area contributed by atoms with Crippen molar-refractivity contribution in [3.8, 4) is 0 Å². The van der Waals surface area contributed by atoms with E-state index >= 15 is 0 Å². The molecule has 0 aliphatic carbocycles. The van der Waals surface area contributed by atoms with Gasteiger partial charge in [-0.1, -0.05) is 23.2 Å². The highest BCUT2D eigenvalue weighted by atomic mass is 35.5. The zero-order chi connectivity index (χ0) is 13.7. The third kappa shape index (κ3) is 2.06. The van der Waals surface area contributed by atoms with Gasteiger partial charge in [0.15, 0.2) is 5.82 Å². The zero-order valence-corrected chi connectivity index (χ0v) is 9.96. The van der Waals surface area contributed by atoms with Crippen LogP contribution in [0.25, 0.3) is 10.9 Å². The predicted molar refractivity (Wildman–Crippen MR) is 61.1 cm³/mol. The highest BCUT2D eigenvalue weighted by Gasteiger charge is 2.33. The van der Waals surface area contributed by atoms with E-state index in [0.717, 1.165) is 6.07 Å². The molecule has 0 aliphatic heterocycles. The summed E-state index contributed by atoms with van der Waals surface area (Å²) in [6.45, 7) is 0. The fraction of sp³-hybridized carbons (Fsp3) is 0.100. The quantitative estimate of drug-likeness (QED) is 0.582. The minimum absolute atomic E-state index is 0.0911. The molecule has 2 nitrogen and oxygen atoms in total. The van der Waals surface area contributed by atoms with E-state index < -0.39 is 27.7 Å². The van der Waals surface area contributed by atoms with Gasteiger partial charge < -0.3 is 5.73 Å². The number of nitrogen functional groups attached to an aromatic ring is 1. The molecule has 1 aromatic carbocycles. The van der Waals surface area contributed by atoms with Crippen LogP contribution in [0.4, 0.5) is 23.2 Å². The molecule has 8 heteroatoms. The first-order chi connectivity index (χ1) is 8.21. The Morgan fingerprint density at radius 1 is 1.17 bits per heavy atom. The maximum Gasteiger partial charge on any atom is 0.433 e. The zero-order valence-electron chi connectivity index (χ0n) is 8.45. The summed E-state index contributed by atoms with van der Waals surface area (Å²) >= 11 is 11.1. The lowest BCUT2D eigenvalue weighted by atomic mass is 10.1. The first-order valence-electron chi connectivity index (χ1n) is 4.52. The third-order valence-corrected chi connectivity index (χ3v) is 2.88. The second kappa shape index (κ2) is 4.13. The minimum Gasteiger partial charge on any atom is -0.398 e. The molecule has 0 unspecified atom stereocenters. The van der Waals surface area contributed by atoms with Crippen LogP contribution in [-0.4, -0.2) is 4.98 Å². The average molecular weight is 299 g/mol. The number of anilines is 1. The van der Waals surface area contributed by atoms with Crippen molar-refractivity contribution in [2.45, 2.75) is 6.18 Å². The summed E-state index contributed by atoms with van der Waals surface area (Å²) in [6.07, 6.45) is -4.66. The standard InChI is InChI=1S/C10H4Cl2F4N2/c11-3-1-5-7(8(12)9(3)13)4(17)2-6(18-5)10(14,15)16/h1-2H,(H2,17,18). The lowest BCUT2D eigenvalue weighted by Crippen LogP contribution is -2.09. The fourth-order valence-electron chi connectivity index (χ4n) is 1.47. The second-order valence-corrected chi connectivity index (χ2v) is 4.26. The van der Waals surface area contributed by atoms with Crippen molar-refractivity contribution in [3.05, 3.63) is 33.7 Å². The molecule has 0 atom stereocenters. The molecule has 0 spiro atoms. The molecule has 0 bridgehead atoms. The molecule has 1 heterocycles. The van der Waals surface area contributed by atoms with Gasteiger partial charge in [0.05, 0.1) is 15.6 Å². The normalized spacial score (nSPS) is 12.1. The molecule has 2 aromatic rings. The number of pyridine rings is 1. The van der Waals surface area contributed by atoms with Crippen LogP contribution in [0.3, 0.4) is 0 Å². The van der Waals surface area contributed by atoms with Gasteiger partial charge in [-0.25, -0.2) is 9.37 Å². The molecule has 1 aromatic heterocycles. The molecule has 18 heavy (non-hydrogen) atoms. The predicted octanol–water partition coefficient (Wildman–Crippen LogP) is 4.28. The lowest BCUT2D eigenvalue weighted by molar-refractivity contribution is -0.140. The summed E-state index contributed by atoms with van der Waals surface area (Å²) in [4.78, 5) is 3.33. The van der Waals surface area contributed by atoms with Gasteiger partial charge in [-0.05, 0) is 12.1 Å². The van der Waals surface area contributed by atoms with Crippen molar-refractivity contribution < 1.29 is 17.6 Å². The number of fused-ring (bicyclic) bond motifs is 1. The van der Waals surface area contributed by atoms with Gasteiger partial charge in [0.2, 0.25) is 0 Å². The summed E-state index contributed by atoms with van der Waals surface area (Å²) in [5.74, 6) is -0.945. The summed E-state index contributed by atoms with van der Waals surface area (Å²) in [6, 6.07) is 1.55. The van der Waals surface area contributed by atoms with Gasteiger partial charge in [-0.15, -0.1) is 0 Å². The topological polar surface area (TPSA) is 38.9 Å². The highest BCUT2D eigenvalue weighted by molar-refractivity contribution is 6.39. The number of hydrogen-bond acceptors (Lipinski definition) is 2. The monoisotopic (exact) mass is 298 g/mol. The first-order valence-corrected chi connectivity index (χ1v) is 5.28. The van der Waals surface area contributed by atoms with Crippen LogP contribution in [0.1, 0.15) is 5.69 Å². The van der Waals surface area contributed by atoms with Gasteiger partial charge in [-0.3, -0.25) is 0 Å². The van der Waals surface area contributed by atoms with Crippen molar-refractivity contribution in [1.82, 2.24) is 4.98 Å². The Morgan fingerprint density at radius 3 is 2.33 bits per heavy atom. The minimum atomic E-state index is -4.66. The van der Waals surface area contributed by atoms with Gasteiger partial charge in [0.25, 0.3) is 0 Å². The summed E-state index contributed by atoms with van der Waals surface area (Å²) in [5.41, 5.74) is 3.73. The van der Waals surface area contributed by atoms with Crippen molar-refractivity contribution in [2.24, 2.45) is 0 Å². The number of nitrogens with zero attached hydrogens (tertiary/aromatic N) is 1. The van der Waals surface area contributed by atoms with E-state index in [1.807, 2.05) is 0 Å². The van der Waals surface area contributed by atoms with E-state index in [1.165, 1.54) is 0 Å². The molecular formula is C10H4Cl2F4N2. The molecule has 96 valence electrons. The average Bonchev–Trinajstić information content (AvgIpc) is 2.23. The van der Waals surface area contributed by atoms with Crippen LogP contribution in [0.2, 0.25) is 10.0 Å². The number of aromatic nitrogens is 1. The Kier molecular flexibility index (Phi) is 3.03. The van der Waals surface area contributed by atoms with Crippen LogP contribution < -0.4 is 5.73 Å². The molecule has 2 rings (SSSR count). The van der Waals surface area contributed by atoms with Gasteiger partial charge in [0, 0.05) is 11.1 Å². The van der Waals surface area contributed by atoms with E-state index in [-0.39, 0.29) is 16.6 Å². The maximum atomic E-state index is 13.4. The largest absolute Gasteiger partial charge is 0.433 e. The van der Waals surface area contributed by atoms with Crippen molar-refractivity contribution in [3.63, 3.8) is 0 Å². The summed E-state index contributed by atoms with van der Waals surface area (Å²) in [7, 11) is 0. The van der Waals surface area contributed by atoms with Crippen LogP contribution in [-0.2, 0) is 6.18 Å². The van der Waals surface area contributed by atoms with E-state index in [1.54, 1.807) is 0 Å². The van der Waals surface area contributed by atoms with Crippen molar-refractivity contribution >= 4 is 39.8 Å². The van der Waals surface area contributed by atoms with E-state index in [4.69, 9.17) is 28.9 Å². The molecule has 0 aliphatic rings. The Balaban J connectivity index is 2.87. The summed E-state index contributed by atoms with van der Waals surface area (Å²) < 4.78 is 51.0. The van der Waals surface area contributed by atoms with Crippen molar-refractivity contribution in [2.75, 3.05) is 5.73 Å². The smallest absolute Gasteiger partial charge is 0.398 e. The van der Waals surface area contributed by atoms with Crippen LogP contribution in [0, 0.1) is 5.82 Å². The molecule has 0 fully saturated rings. The van der Waals surface area contributed by atoms with E-state index in [2.05, 4.69) is 4.98 Å². The lowest BCUT2D eigenvalue weighted by Gasteiger charge is -2.11. The second-order valence-electron chi connectivity index (χ2n) is 3.47. The molecule has 0 saturated carbocycles. The van der Waals surface area contributed by atoms with E-state index in [9.17, 15) is 17.6 Å². The molecule has 0 radical (unpaired) electrons. The Labute approximate surface area is 108 Å².